The van der Waals surface area contributed by atoms with Crippen LogP contribution in [0.5, 0.6) is 11.5 Å². The van der Waals surface area contributed by atoms with Crippen LogP contribution >= 0.6 is 0 Å². The number of rotatable bonds is 10. The Kier molecular flexibility index (Phi) is 8.26. The number of methoxy groups -OCH3 is 1. The van der Waals surface area contributed by atoms with Crippen molar-refractivity contribution in [2.45, 2.75) is 45.3 Å². The number of nitrogens with zero attached hydrogens (tertiary/aromatic N) is 2. The first-order chi connectivity index (χ1) is 12.9. The standard InChI is InChI=1S/C20H32F2N2O3/c1-4-23(5-2)14-17(25)15-27-18-7-6-16(12-19(18)26-3)13-24-10-8-20(21,22)9-11-24/h6-7,12,17,25H,4-5,8-11,13-15H2,1-3H3/t17-/m1/s1. The maximum absolute atomic E-state index is 13.3. The largest absolute Gasteiger partial charge is 0.493 e. The minimum Gasteiger partial charge on any atom is -0.493 e. The molecule has 2 rings (SSSR count). The van der Waals surface area contributed by atoms with Crippen LogP contribution in [0.3, 0.4) is 0 Å². The Morgan fingerprint density at radius 1 is 1.19 bits per heavy atom. The first-order valence-corrected chi connectivity index (χ1v) is 9.67. The molecule has 1 aromatic rings. The van der Waals surface area contributed by atoms with Crippen LogP contribution in [0.2, 0.25) is 0 Å². The Bertz CT molecular complexity index is 572. The summed E-state index contributed by atoms with van der Waals surface area (Å²) < 4.78 is 37.7. The van der Waals surface area contributed by atoms with Crippen molar-refractivity contribution in [1.82, 2.24) is 9.80 Å². The molecule has 0 unspecified atom stereocenters. The van der Waals surface area contributed by atoms with Crippen molar-refractivity contribution in [2.75, 3.05) is 46.4 Å². The Hall–Kier alpha value is -1.44. The lowest BCUT2D eigenvalue weighted by molar-refractivity contribution is -0.0566. The summed E-state index contributed by atoms with van der Waals surface area (Å²) in [6.45, 7) is 8.03. The summed E-state index contributed by atoms with van der Waals surface area (Å²) in [5.74, 6) is -1.37. The average Bonchev–Trinajstić information content (AvgIpc) is 2.66. The van der Waals surface area contributed by atoms with Gasteiger partial charge in [-0.25, -0.2) is 8.78 Å². The van der Waals surface area contributed by atoms with Gasteiger partial charge in [-0.15, -0.1) is 0 Å². The smallest absolute Gasteiger partial charge is 0.250 e. The molecule has 0 bridgehead atoms. The maximum Gasteiger partial charge on any atom is 0.250 e. The van der Waals surface area contributed by atoms with Crippen molar-refractivity contribution in [1.29, 1.82) is 0 Å². The summed E-state index contributed by atoms with van der Waals surface area (Å²) in [6.07, 6.45) is -0.754. The van der Waals surface area contributed by atoms with E-state index < -0.39 is 12.0 Å². The van der Waals surface area contributed by atoms with Crippen LogP contribution in [-0.4, -0.2) is 73.4 Å². The topological polar surface area (TPSA) is 45.2 Å². The summed E-state index contributed by atoms with van der Waals surface area (Å²) in [4.78, 5) is 4.16. The molecule has 0 radical (unpaired) electrons. The van der Waals surface area contributed by atoms with Gasteiger partial charge in [-0.2, -0.15) is 0 Å². The number of aliphatic hydroxyl groups is 1. The van der Waals surface area contributed by atoms with Gasteiger partial charge in [0.05, 0.1) is 7.11 Å². The van der Waals surface area contributed by atoms with E-state index in [0.29, 0.717) is 37.7 Å². The van der Waals surface area contributed by atoms with Gasteiger partial charge >= 0.3 is 0 Å². The summed E-state index contributed by atoms with van der Waals surface area (Å²) in [5, 5.41) is 10.1. The third-order valence-electron chi connectivity index (χ3n) is 5.02. The number of alkyl halides is 2. The van der Waals surface area contributed by atoms with E-state index in [2.05, 4.69) is 18.7 Å². The van der Waals surface area contributed by atoms with Gasteiger partial charge in [0.2, 0.25) is 0 Å². The number of ether oxygens (including phenoxy) is 2. The molecular formula is C20H32F2N2O3. The number of halogens is 2. The van der Waals surface area contributed by atoms with E-state index in [-0.39, 0.29) is 19.4 Å². The van der Waals surface area contributed by atoms with Crippen LogP contribution in [-0.2, 0) is 6.54 Å². The lowest BCUT2D eigenvalue weighted by atomic mass is 10.1. The summed E-state index contributed by atoms with van der Waals surface area (Å²) in [6, 6.07) is 5.61. The minimum absolute atomic E-state index is 0.0875. The van der Waals surface area contributed by atoms with Crippen molar-refractivity contribution < 1.29 is 23.4 Å². The summed E-state index contributed by atoms with van der Waals surface area (Å²) >= 11 is 0. The van der Waals surface area contributed by atoms with Gasteiger partial charge in [0.25, 0.3) is 5.92 Å². The number of hydrogen-bond acceptors (Lipinski definition) is 5. The second-order valence-corrected chi connectivity index (χ2v) is 7.07. The second kappa shape index (κ2) is 10.2. The summed E-state index contributed by atoms with van der Waals surface area (Å²) in [5.41, 5.74) is 0.994. The van der Waals surface area contributed by atoms with Crippen LogP contribution in [0.4, 0.5) is 8.78 Å². The molecule has 1 aliphatic rings. The zero-order chi connectivity index (χ0) is 19.9. The third-order valence-corrected chi connectivity index (χ3v) is 5.02. The fourth-order valence-electron chi connectivity index (χ4n) is 3.24. The molecule has 0 saturated carbocycles. The van der Waals surface area contributed by atoms with E-state index in [0.717, 1.165) is 18.7 Å². The van der Waals surface area contributed by atoms with Crippen LogP contribution < -0.4 is 9.47 Å². The van der Waals surface area contributed by atoms with Crippen molar-refractivity contribution >= 4 is 0 Å². The van der Waals surface area contributed by atoms with Gasteiger partial charge in [-0.1, -0.05) is 19.9 Å². The number of likely N-dealkylation sites (N-methyl/N-ethyl adjacent to an activating group) is 1. The Balaban J connectivity index is 1.90. The van der Waals surface area contributed by atoms with Gasteiger partial charge in [-0.3, -0.25) is 4.90 Å². The van der Waals surface area contributed by atoms with Crippen molar-refractivity contribution in [3.8, 4) is 11.5 Å². The first-order valence-electron chi connectivity index (χ1n) is 9.67. The minimum atomic E-state index is -2.53. The van der Waals surface area contributed by atoms with Gasteiger partial charge in [0.1, 0.15) is 12.7 Å². The van der Waals surface area contributed by atoms with Crippen molar-refractivity contribution in [2.24, 2.45) is 0 Å². The molecule has 154 valence electrons. The molecular weight excluding hydrogens is 354 g/mol. The zero-order valence-electron chi connectivity index (χ0n) is 16.6. The molecule has 27 heavy (non-hydrogen) atoms. The number of likely N-dealkylation sites (tertiary alicyclic amines) is 1. The van der Waals surface area contributed by atoms with Gasteiger partial charge in [-0.05, 0) is 30.8 Å². The van der Waals surface area contributed by atoms with Crippen LogP contribution in [0.15, 0.2) is 18.2 Å². The predicted molar refractivity (Wildman–Crippen MR) is 102 cm³/mol. The van der Waals surface area contributed by atoms with E-state index >= 15 is 0 Å². The monoisotopic (exact) mass is 386 g/mol. The van der Waals surface area contributed by atoms with Gasteiger partial charge < -0.3 is 19.5 Å². The molecule has 1 fully saturated rings. The molecule has 1 heterocycles. The molecule has 0 aliphatic carbocycles. The highest BCUT2D eigenvalue weighted by molar-refractivity contribution is 5.43. The van der Waals surface area contributed by atoms with Crippen LogP contribution in [0.1, 0.15) is 32.3 Å². The molecule has 0 spiro atoms. The first kappa shape index (κ1) is 21.9. The molecule has 1 saturated heterocycles. The molecule has 0 amide bonds. The highest BCUT2D eigenvalue weighted by atomic mass is 19.3. The Morgan fingerprint density at radius 2 is 1.85 bits per heavy atom. The molecule has 0 aromatic heterocycles. The fourth-order valence-corrected chi connectivity index (χ4v) is 3.24. The molecule has 1 N–H and O–H groups in total. The van der Waals surface area contributed by atoms with Gasteiger partial charge in [0, 0.05) is 39.0 Å². The van der Waals surface area contributed by atoms with Crippen LogP contribution in [0, 0.1) is 0 Å². The van der Waals surface area contributed by atoms with Crippen LogP contribution in [0.25, 0.3) is 0 Å². The fraction of sp³-hybridized carbons (Fsp3) is 0.700. The lowest BCUT2D eigenvalue weighted by Crippen LogP contribution is -2.38. The quantitative estimate of drug-likeness (QED) is 0.670. The molecule has 7 heteroatoms. The van der Waals surface area contributed by atoms with Gasteiger partial charge in [0.15, 0.2) is 11.5 Å². The number of hydrogen-bond donors (Lipinski definition) is 1. The van der Waals surface area contributed by atoms with Crippen molar-refractivity contribution in [3.05, 3.63) is 23.8 Å². The molecule has 1 atom stereocenters. The Labute approximate surface area is 160 Å². The SMILES string of the molecule is CCN(CC)C[C@@H](O)COc1ccc(CN2CCC(F)(F)CC2)cc1OC. The maximum atomic E-state index is 13.3. The van der Waals surface area contributed by atoms with E-state index in [1.54, 1.807) is 7.11 Å². The average molecular weight is 386 g/mol. The normalized spacial score (nSPS) is 18.5. The number of piperidine rings is 1. The molecule has 1 aliphatic heterocycles. The third kappa shape index (κ3) is 6.90. The van der Waals surface area contributed by atoms with E-state index in [1.807, 2.05) is 23.1 Å². The predicted octanol–water partition coefficient (Wildman–Crippen LogP) is 3.01. The summed E-state index contributed by atoms with van der Waals surface area (Å²) in [7, 11) is 1.57. The van der Waals surface area contributed by atoms with E-state index in [4.69, 9.17) is 9.47 Å². The van der Waals surface area contributed by atoms with Crippen molar-refractivity contribution in [3.63, 3.8) is 0 Å². The molecule has 1 aromatic carbocycles. The highest BCUT2D eigenvalue weighted by Crippen LogP contribution is 2.31. The second-order valence-electron chi connectivity index (χ2n) is 7.07. The van der Waals surface area contributed by atoms with E-state index in [1.165, 1.54) is 0 Å². The highest BCUT2D eigenvalue weighted by Gasteiger charge is 2.33. The molecule has 5 nitrogen and oxygen atoms in total. The lowest BCUT2D eigenvalue weighted by Gasteiger charge is -2.31. The van der Waals surface area contributed by atoms with E-state index in [9.17, 15) is 13.9 Å². The Morgan fingerprint density at radius 3 is 2.44 bits per heavy atom. The number of aliphatic hydroxyl groups excluding tert-OH is 1. The zero-order valence-corrected chi connectivity index (χ0v) is 16.6. The number of benzene rings is 1.